The molecule has 5 heteroatoms. The molecule has 15 heavy (non-hydrogen) atoms. The van der Waals surface area contributed by atoms with Crippen molar-refractivity contribution < 1.29 is 9.47 Å². The quantitative estimate of drug-likeness (QED) is 0.763. The summed E-state index contributed by atoms with van der Waals surface area (Å²) in [6.45, 7) is 0. The third kappa shape index (κ3) is 2.53. The summed E-state index contributed by atoms with van der Waals surface area (Å²) in [5.41, 5.74) is 0.896. The van der Waals surface area contributed by atoms with Crippen LogP contribution in [0, 0.1) is 0 Å². The van der Waals surface area contributed by atoms with Crippen molar-refractivity contribution in [3.05, 3.63) is 16.1 Å². The highest BCUT2D eigenvalue weighted by Gasteiger charge is 2.22. The Kier molecular flexibility index (Phi) is 4.02. The average molecular weight is 245 g/mol. The van der Waals surface area contributed by atoms with Crippen molar-refractivity contribution in [2.45, 2.75) is 24.4 Å². The van der Waals surface area contributed by atoms with Gasteiger partial charge in [0.25, 0.3) is 0 Å². The fourth-order valence-corrected chi connectivity index (χ4v) is 4.02. The van der Waals surface area contributed by atoms with E-state index in [4.69, 9.17) is 9.47 Å². The minimum Gasteiger partial charge on any atom is -0.350 e. The molecule has 0 saturated carbocycles. The summed E-state index contributed by atoms with van der Waals surface area (Å²) in [4.78, 5) is 4.58. The first-order valence-corrected chi connectivity index (χ1v) is 6.90. The van der Waals surface area contributed by atoms with Crippen molar-refractivity contribution in [1.29, 1.82) is 0 Å². The molecule has 1 aromatic heterocycles. The Morgan fingerprint density at radius 3 is 2.87 bits per heavy atom. The smallest absolute Gasteiger partial charge is 0.201 e. The molecule has 1 aliphatic heterocycles. The molecule has 1 saturated heterocycles. The highest BCUT2D eigenvalue weighted by Crippen LogP contribution is 2.41. The molecular formula is C10H15NO2S2. The average Bonchev–Trinajstić information content (AvgIpc) is 2.89. The fraction of sp³-hybridized carbons (Fsp3) is 0.700. The number of nitrogens with zero attached hydrogens (tertiary/aromatic N) is 1. The molecule has 3 nitrogen and oxygen atoms in total. The highest BCUT2D eigenvalue weighted by atomic mass is 32.2. The number of rotatable bonds is 4. The highest BCUT2D eigenvalue weighted by molar-refractivity contribution is 7.99. The van der Waals surface area contributed by atoms with Crippen molar-refractivity contribution in [1.82, 2.24) is 4.98 Å². The number of thioether (sulfide) groups is 1. The number of aromatic nitrogens is 1. The molecule has 1 aliphatic rings. The predicted molar refractivity (Wildman–Crippen MR) is 63.3 cm³/mol. The Balaban J connectivity index is 2.08. The molecular weight excluding hydrogens is 230 g/mol. The second kappa shape index (κ2) is 5.30. The molecule has 1 atom stereocenters. The molecule has 0 N–H and O–H groups in total. The lowest BCUT2D eigenvalue weighted by atomic mass is 10.3. The topological polar surface area (TPSA) is 31.4 Å². The van der Waals surface area contributed by atoms with Crippen molar-refractivity contribution in [2.24, 2.45) is 0 Å². The van der Waals surface area contributed by atoms with E-state index < -0.39 is 0 Å². The summed E-state index contributed by atoms with van der Waals surface area (Å²) in [6.07, 6.45) is 2.24. The van der Waals surface area contributed by atoms with Crippen LogP contribution in [0.15, 0.2) is 5.38 Å². The van der Waals surface area contributed by atoms with Gasteiger partial charge in [-0.3, -0.25) is 0 Å². The van der Waals surface area contributed by atoms with Crippen molar-refractivity contribution in [3.63, 3.8) is 0 Å². The van der Waals surface area contributed by atoms with Gasteiger partial charge in [0.05, 0.1) is 5.25 Å². The summed E-state index contributed by atoms with van der Waals surface area (Å²) in [5.74, 6) is 1.26. The molecule has 2 rings (SSSR count). The largest absolute Gasteiger partial charge is 0.350 e. The first-order valence-electron chi connectivity index (χ1n) is 4.97. The van der Waals surface area contributed by atoms with Gasteiger partial charge in [0.15, 0.2) is 0 Å². The maximum absolute atomic E-state index is 5.18. The molecule has 0 radical (unpaired) electrons. The van der Waals surface area contributed by atoms with Gasteiger partial charge in [-0.2, -0.15) is 11.8 Å². The Hall–Kier alpha value is -0.100. The second-order valence-corrected chi connectivity index (χ2v) is 5.62. The molecule has 0 bridgehead atoms. The van der Waals surface area contributed by atoms with Crippen LogP contribution in [-0.2, 0) is 9.47 Å². The number of ether oxygens (including phenoxy) is 2. The van der Waals surface area contributed by atoms with Crippen LogP contribution in [0.2, 0.25) is 0 Å². The molecule has 1 unspecified atom stereocenters. The minimum atomic E-state index is -0.318. The van der Waals surface area contributed by atoms with Gasteiger partial charge in [-0.25, -0.2) is 4.98 Å². The maximum Gasteiger partial charge on any atom is 0.201 e. The second-order valence-electron chi connectivity index (χ2n) is 3.42. The summed E-state index contributed by atoms with van der Waals surface area (Å²) < 4.78 is 10.4. The third-order valence-corrected chi connectivity index (χ3v) is 4.93. The minimum absolute atomic E-state index is 0.318. The zero-order valence-electron chi connectivity index (χ0n) is 8.93. The zero-order valence-corrected chi connectivity index (χ0v) is 10.6. The van der Waals surface area contributed by atoms with E-state index in [9.17, 15) is 0 Å². The van der Waals surface area contributed by atoms with E-state index >= 15 is 0 Å². The molecule has 0 spiro atoms. The molecule has 0 aliphatic carbocycles. The van der Waals surface area contributed by atoms with Crippen molar-refractivity contribution >= 4 is 23.1 Å². The number of methoxy groups -OCH3 is 2. The van der Waals surface area contributed by atoms with Crippen LogP contribution in [0.4, 0.5) is 0 Å². The SMILES string of the molecule is COC(OC)c1csc(C2CCCS2)n1. The molecule has 1 aromatic rings. The van der Waals surface area contributed by atoms with Crippen LogP contribution in [0.5, 0.6) is 0 Å². The third-order valence-electron chi connectivity index (χ3n) is 2.41. The van der Waals surface area contributed by atoms with E-state index in [-0.39, 0.29) is 6.29 Å². The van der Waals surface area contributed by atoms with Gasteiger partial charge in [-0.15, -0.1) is 11.3 Å². The Morgan fingerprint density at radius 2 is 2.27 bits per heavy atom. The van der Waals surface area contributed by atoms with E-state index in [1.807, 2.05) is 17.1 Å². The molecule has 0 aromatic carbocycles. The fourth-order valence-electron chi connectivity index (χ4n) is 1.67. The van der Waals surface area contributed by atoms with Gasteiger partial charge in [0.2, 0.25) is 6.29 Å². The van der Waals surface area contributed by atoms with Gasteiger partial charge >= 0.3 is 0 Å². The molecule has 0 amide bonds. The predicted octanol–water partition coefficient (Wildman–Crippen LogP) is 3.00. The van der Waals surface area contributed by atoms with E-state index in [1.54, 1.807) is 25.6 Å². The Bertz CT molecular complexity index is 290. The van der Waals surface area contributed by atoms with Crippen molar-refractivity contribution in [3.8, 4) is 0 Å². The lowest BCUT2D eigenvalue weighted by Crippen LogP contribution is -2.04. The number of hydrogen-bond donors (Lipinski definition) is 0. The van der Waals surface area contributed by atoms with Crippen LogP contribution in [0.25, 0.3) is 0 Å². The van der Waals surface area contributed by atoms with E-state index in [0.29, 0.717) is 5.25 Å². The van der Waals surface area contributed by atoms with Crippen LogP contribution in [0.3, 0.4) is 0 Å². The van der Waals surface area contributed by atoms with Gasteiger partial charge in [-0.1, -0.05) is 0 Å². The summed E-state index contributed by atoms with van der Waals surface area (Å²) in [7, 11) is 3.27. The lowest BCUT2D eigenvalue weighted by Gasteiger charge is -2.10. The molecule has 2 heterocycles. The molecule has 1 fully saturated rings. The number of thiazole rings is 1. The Labute approximate surface area is 98.2 Å². The van der Waals surface area contributed by atoms with Gasteiger partial charge in [0, 0.05) is 19.6 Å². The summed E-state index contributed by atoms with van der Waals surface area (Å²) in [5, 5.41) is 3.84. The van der Waals surface area contributed by atoms with Crippen LogP contribution >= 0.6 is 23.1 Å². The maximum atomic E-state index is 5.18. The summed E-state index contributed by atoms with van der Waals surface area (Å²) >= 11 is 3.72. The first-order chi connectivity index (χ1) is 7.35. The number of hydrogen-bond acceptors (Lipinski definition) is 5. The van der Waals surface area contributed by atoms with E-state index in [0.717, 1.165) is 5.69 Å². The van der Waals surface area contributed by atoms with Gasteiger partial charge in [-0.05, 0) is 18.6 Å². The van der Waals surface area contributed by atoms with E-state index in [1.165, 1.54) is 23.6 Å². The van der Waals surface area contributed by atoms with E-state index in [2.05, 4.69) is 4.98 Å². The van der Waals surface area contributed by atoms with Gasteiger partial charge < -0.3 is 9.47 Å². The summed E-state index contributed by atoms with van der Waals surface area (Å²) in [6, 6.07) is 0. The monoisotopic (exact) mass is 245 g/mol. The standard InChI is InChI=1S/C10H15NO2S2/c1-12-10(13-2)7-6-15-9(11-7)8-4-3-5-14-8/h6,8,10H,3-5H2,1-2H3. The zero-order chi connectivity index (χ0) is 10.7. The van der Waals surface area contributed by atoms with Crippen LogP contribution < -0.4 is 0 Å². The first kappa shape index (κ1) is 11.4. The van der Waals surface area contributed by atoms with Gasteiger partial charge in [0.1, 0.15) is 10.7 Å². The van der Waals surface area contributed by atoms with Crippen LogP contribution in [-0.4, -0.2) is 25.0 Å². The molecule has 84 valence electrons. The normalized spacial score (nSPS) is 21.4. The van der Waals surface area contributed by atoms with Crippen molar-refractivity contribution in [2.75, 3.05) is 20.0 Å². The van der Waals surface area contributed by atoms with Crippen LogP contribution in [0.1, 0.15) is 35.1 Å². The Morgan fingerprint density at radius 1 is 1.47 bits per heavy atom. The lowest BCUT2D eigenvalue weighted by molar-refractivity contribution is -0.108.